The molecular weight excluding hydrogens is 628 g/mol. The standard InChI is InChI=1S/C38H36N2O9/c1-11-35(45-21-31-17-41-31)37(47-23-33-19-43-33)13-25(1)15-39-27-3-7-29(8-4-27)49-30-9-5-28(6-10-30)40-16-26-2-12-36(46-22-32-18-42-32)38(14-26)48-24-34-20-44-34/h1-16,31-34H,17-24H2. The highest BCUT2D eigenvalue weighted by Crippen LogP contribution is 2.32. The predicted molar refractivity (Wildman–Crippen MR) is 181 cm³/mol. The van der Waals surface area contributed by atoms with E-state index in [1.807, 2.05) is 84.9 Å². The summed E-state index contributed by atoms with van der Waals surface area (Å²) in [6.45, 7) is 4.92. The molecule has 0 spiro atoms. The number of aliphatic imine (C=N–C) groups is 2. The van der Waals surface area contributed by atoms with E-state index in [9.17, 15) is 0 Å². The van der Waals surface area contributed by atoms with Gasteiger partial charge in [-0.25, -0.2) is 0 Å². The summed E-state index contributed by atoms with van der Waals surface area (Å²) in [5, 5.41) is 0. The van der Waals surface area contributed by atoms with Crippen molar-refractivity contribution in [1.82, 2.24) is 0 Å². The summed E-state index contributed by atoms with van der Waals surface area (Å²) in [7, 11) is 0. The van der Waals surface area contributed by atoms with Gasteiger partial charge in [0.1, 0.15) is 62.3 Å². The van der Waals surface area contributed by atoms with Crippen LogP contribution in [-0.2, 0) is 18.9 Å². The highest BCUT2D eigenvalue weighted by Gasteiger charge is 2.27. The minimum absolute atomic E-state index is 0.147. The average Bonchev–Trinajstić information content (AvgIpc) is 3.93. The van der Waals surface area contributed by atoms with E-state index in [4.69, 9.17) is 42.6 Å². The van der Waals surface area contributed by atoms with E-state index >= 15 is 0 Å². The topological polar surface area (TPSA) is 121 Å². The van der Waals surface area contributed by atoms with E-state index in [0.29, 0.717) is 60.9 Å². The van der Waals surface area contributed by atoms with Crippen LogP contribution >= 0.6 is 0 Å². The van der Waals surface area contributed by atoms with E-state index in [-0.39, 0.29) is 24.4 Å². The molecule has 4 aromatic carbocycles. The van der Waals surface area contributed by atoms with Gasteiger partial charge in [-0.1, -0.05) is 0 Å². The van der Waals surface area contributed by atoms with Crippen LogP contribution in [-0.4, -0.2) is 89.7 Å². The highest BCUT2D eigenvalue weighted by atomic mass is 16.6. The van der Waals surface area contributed by atoms with Crippen LogP contribution in [0.15, 0.2) is 94.9 Å². The van der Waals surface area contributed by atoms with Crippen LogP contribution in [0.3, 0.4) is 0 Å². The van der Waals surface area contributed by atoms with Gasteiger partial charge in [0, 0.05) is 12.4 Å². The Bertz CT molecular complexity index is 1650. The van der Waals surface area contributed by atoms with Crippen molar-refractivity contribution < 1.29 is 42.6 Å². The molecule has 0 bridgehead atoms. The van der Waals surface area contributed by atoms with Gasteiger partial charge in [-0.2, -0.15) is 0 Å². The van der Waals surface area contributed by atoms with Gasteiger partial charge in [0.05, 0.1) is 37.8 Å². The molecule has 11 nitrogen and oxygen atoms in total. The quantitative estimate of drug-likeness (QED) is 0.0919. The predicted octanol–water partition coefficient (Wildman–Crippen LogP) is 6.09. The summed E-state index contributed by atoms with van der Waals surface area (Å²) in [5.41, 5.74) is 3.38. The second-order valence-electron chi connectivity index (χ2n) is 12.1. The number of ether oxygens (including phenoxy) is 9. The highest BCUT2D eigenvalue weighted by molar-refractivity contribution is 5.84. The molecule has 0 saturated carbocycles. The molecule has 4 heterocycles. The second kappa shape index (κ2) is 14.7. The summed E-state index contributed by atoms with van der Waals surface area (Å²) >= 11 is 0. The first-order valence-electron chi connectivity index (χ1n) is 16.4. The summed E-state index contributed by atoms with van der Waals surface area (Å²) in [6, 6.07) is 26.7. The molecule has 8 rings (SSSR count). The summed E-state index contributed by atoms with van der Waals surface area (Å²) in [4.78, 5) is 9.26. The van der Waals surface area contributed by atoms with Gasteiger partial charge < -0.3 is 42.6 Å². The van der Waals surface area contributed by atoms with Crippen molar-refractivity contribution in [3.8, 4) is 34.5 Å². The molecule has 4 aliphatic rings. The Balaban J connectivity index is 0.854. The smallest absolute Gasteiger partial charge is 0.161 e. The lowest BCUT2D eigenvalue weighted by Crippen LogP contribution is -2.09. The van der Waals surface area contributed by atoms with Crippen molar-refractivity contribution in [2.45, 2.75) is 24.4 Å². The SMILES string of the molecule is C(=Nc1ccc(Oc2ccc(N=Cc3ccc(OCC4CO4)c(OCC4CO4)c3)cc2)cc1)c1ccc(OCC2CO2)c(OCC2CO2)c1. The normalized spacial score (nSPS) is 21.8. The first-order valence-corrected chi connectivity index (χ1v) is 16.4. The van der Waals surface area contributed by atoms with Crippen molar-refractivity contribution in [2.75, 3.05) is 52.9 Å². The number of benzene rings is 4. The van der Waals surface area contributed by atoms with Gasteiger partial charge in [-0.3, -0.25) is 9.98 Å². The van der Waals surface area contributed by atoms with Crippen molar-refractivity contribution in [2.24, 2.45) is 9.98 Å². The summed E-state index contributed by atoms with van der Waals surface area (Å²) in [6.07, 6.45) is 4.22. The molecule has 4 aliphatic heterocycles. The molecule has 0 amide bonds. The molecule has 11 heteroatoms. The zero-order chi connectivity index (χ0) is 32.8. The Hall–Kier alpha value is -4.94. The maximum absolute atomic E-state index is 6.06. The van der Waals surface area contributed by atoms with E-state index in [0.717, 1.165) is 48.9 Å². The molecule has 49 heavy (non-hydrogen) atoms. The van der Waals surface area contributed by atoms with Crippen LogP contribution in [0.2, 0.25) is 0 Å². The number of rotatable bonds is 18. The van der Waals surface area contributed by atoms with Crippen LogP contribution in [0.1, 0.15) is 11.1 Å². The van der Waals surface area contributed by atoms with Crippen molar-refractivity contribution in [3.63, 3.8) is 0 Å². The molecule has 252 valence electrons. The number of hydrogen-bond donors (Lipinski definition) is 0. The summed E-state index contributed by atoms with van der Waals surface area (Å²) < 4.78 is 50.9. The summed E-state index contributed by atoms with van der Waals surface area (Å²) in [5.74, 6) is 4.11. The van der Waals surface area contributed by atoms with Crippen molar-refractivity contribution in [1.29, 1.82) is 0 Å². The van der Waals surface area contributed by atoms with Crippen LogP contribution in [0, 0.1) is 0 Å². The van der Waals surface area contributed by atoms with Crippen LogP contribution in [0.5, 0.6) is 34.5 Å². The number of nitrogens with zero attached hydrogens (tertiary/aromatic N) is 2. The van der Waals surface area contributed by atoms with E-state index in [2.05, 4.69) is 9.98 Å². The molecule has 4 atom stereocenters. The van der Waals surface area contributed by atoms with Crippen molar-refractivity contribution >= 4 is 23.8 Å². The first-order chi connectivity index (χ1) is 24.2. The minimum Gasteiger partial charge on any atom is -0.487 e. The molecule has 0 N–H and O–H groups in total. The second-order valence-corrected chi connectivity index (χ2v) is 12.1. The van der Waals surface area contributed by atoms with Gasteiger partial charge >= 0.3 is 0 Å². The van der Waals surface area contributed by atoms with Gasteiger partial charge in [0.25, 0.3) is 0 Å². The fraction of sp³-hybridized carbons (Fsp3) is 0.316. The average molecular weight is 665 g/mol. The van der Waals surface area contributed by atoms with Gasteiger partial charge in [-0.05, 0) is 96.1 Å². The molecule has 0 aromatic heterocycles. The molecule has 4 saturated heterocycles. The Morgan fingerprint density at radius 1 is 0.469 bits per heavy atom. The van der Waals surface area contributed by atoms with Gasteiger partial charge in [0.2, 0.25) is 0 Å². The van der Waals surface area contributed by atoms with E-state index < -0.39 is 0 Å². The monoisotopic (exact) mass is 664 g/mol. The third-order valence-corrected chi connectivity index (χ3v) is 7.88. The number of hydrogen-bond acceptors (Lipinski definition) is 11. The zero-order valence-corrected chi connectivity index (χ0v) is 26.8. The van der Waals surface area contributed by atoms with Crippen LogP contribution in [0.25, 0.3) is 0 Å². The molecule has 0 radical (unpaired) electrons. The lowest BCUT2D eigenvalue weighted by Gasteiger charge is -2.12. The maximum atomic E-state index is 6.06. The lowest BCUT2D eigenvalue weighted by atomic mass is 10.2. The zero-order valence-electron chi connectivity index (χ0n) is 26.8. The molecule has 4 unspecified atom stereocenters. The van der Waals surface area contributed by atoms with Crippen LogP contribution in [0.4, 0.5) is 11.4 Å². The first kappa shape index (κ1) is 31.3. The maximum Gasteiger partial charge on any atom is 0.161 e. The third-order valence-electron chi connectivity index (χ3n) is 7.88. The Labute approximate surface area is 284 Å². The fourth-order valence-corrected chi connectivity index (χ4v) is 4.70. The largest absolute Gasteiger partial charge is 0.487 e. The van der Waals surface area contributed by atoms with E-state index in [1.165, 1.54) is 0 Å². The van der Waals surface area contributed by atoms with Crippen LogP contribution < -0.4 is 23.7 Å². The van der Waals surface area contributed by atoms with E-state index in [1.54, 1.807) is 12.4 Å². The Morgan fingerprint density at radius 2 is 0.816 bits per heavy atom. The minimum atomic E-state index is 0.147. The van der Waals surface area contributed by atoms with Gasteiger partial charge in [0.15, 0.2) is 23.0 Å². The molecule has 4 aromatic rings. The molecule has 4 fully saturated rings. The lowest BCUT2D eigenvalue weighted by molar-refractivity contribution is 0.228. The number of epoxide rings is 4. The third kappa shape index (κ3) is 9.58. The molecular formula is C38H36N2O9. The molecule has 0 aliphatic carbocycles. The fourth-order valence-electron chi connectivity index (χ4n) is 4.70. The Kier molecular flexibility index (Phi) is 9.38. The van der Waals surface area contributed by atoms with Gasteiger partial charge in [-0.15, -0.1) is 0 Å². The Morgan fingerprint density at radius 3 is 1.16 bits per heavy atom. The van der Waals surface area contributed by atoms with Crippen molar-refractivity contribution in [3.05, 3.63) is 96.1 Å².